The summed E-state index contributed by atoms with van der Waals surface area (Å²) in [6, 6.07) is 21.4. The second-order valence-electron chi connectivity index (χ2n) is 5.56. The third-order valence-corrected chi connectivity index (χ3v) is 3.67. The van der Waals surface area contributed by atoms with Crippen molar-refractivity contribution in [2.24, 2.45) is 0 Å². The van der Waals surface area contributed by atoms with Crippen LogP contribution in [0.4, 0.5) is 11.4 Å². The second kappa shape index (κ2) is 8.08. The van der Waals surface area contributed by atoms with Crippen molar-refractivity contribution in [2.45, 2.75) is 6.54 Å². The van der Waals surface area contributed by atoms with Gasteiger partial charge in [0.2, 0.25) is 5.91 Å². The molecule has 25 heavy (non-hydrogen) atoms. The predicted molar refractivity (Wildman–Crippen MR) is 99.2 cm³/mol. The normalized spacial score (nSPS) is 10.3. The second-order valence-corrected chi connectivity index (χ2v) is 5.56. The van der Waals surface area contributed by atoms with E-state index in [0.717, 1.165) is 22.5 Å². The summed E-state index contributed by atoms with van der Waals surface area (Å²) in [7, 11) is 0. The molecule has 0 unspecified atom stereocenters. The molecule has 126 valence electrons. The van der Waals surface area contributed by atoms with E-state index >= 15 is 0 Å². The summed E-state index contributed by atoms with van der Waals surface area (Å²) in [5, 5.41) is 14.8. The van der Waals surface area contributed by atoms with Crippen molar-refractivity contribution >= 4 is 17.3 Å². The number of nitrogens with zero attached hydrogens (tertiary/aromatic N) is 1. The lowest BCUT2D eigenvalue weighted by atomic mass is 10.1. The molecule has 3 N–H and O–H groups in total. The van der Waals surface area contributed by atoms with E-state index in [9.17, 15) is 4.79 Å². The first-order valence-corrected chi connectivity index (χ1v) is 7.99. The number of benzene rings is 2. The topological polar surface area (TPSA) is 74.2 Å². The highest BCUT2D eigenvalue weighted by Gasteiger charge is 2.02. The number of pyridine rings is 1. The fourth-order valence-corrected chi connectivity index (χ4v) is 2.49. The van der Waals surface area contributed by atoms with E-state index in [1.54, 1.807) is 12.3 Å². The van der Waals surface area contributed by atoms with Crippen molar-refractivity contribution in [1.82, 2.24) is 4.98 Å². The van der Waals surface area contributed by atoms with E-state index in [-0.39, 0.29) is 0 Å². The fourth-order valence-electron chi connectivity index (χ4n) is 2.49. The number of hydrogen-bond donors (Lipinski definition) is 3. The highest BCUT2D eigenvalue weighted by Crippen LogP contribution is 2.20. The number of anilines is 2. The quantitative estimate of drug-likeness (QED) is 0.647. The van der Waals surface area contributed by atoms with Gasteiger partial charge >= 0.3 is 0 Å². The number of aromatic nitrogens is 1. The van der Waals surface area contributed by atoms with Gasteiger partial charge in [-0.2, -0.15) is 0 Å². The lowest BCUT2D eigenvalue weighted by Gasteiger charge is -2.10. The Labute approximate surface area is 146 Å². The van der Waals surface area contributed by atoms with Gasteiger partial charge in [-0.3, -0.25) is 9.78 Å². The van der Waals surface area contributed by atoms with E-state index in [1.165, 1.54) is 0 Å². The first-order chi connectivity index (χ1) is 12.2. The van der Waals surface area contributed by atoms with Gasteiger partial charge < -0.3 is 15.7 Å². The molecular formula is C20H19N3O2. The zero-order valence-electron chi connectivity index (χ0n) is 13.6. The van der Waals surface area contributed by atoms with Gasteiger partial charge in [0.05, 0.1) is 5.69 Å². The molecule has 1 heterocycles. The zero-order chi connectivity index (χ0) is 17.5. The van der Waals surface area contributed by atoms with Crippen LogP contribution in [0.1, 0.15) is 5.56 Å². The Hall–Kier alpha value is -3.18. The largest absolute Gasteiger partial charge is 0.387 e. The van der Waals surface area contributed by atoms with E-state index < -0.39 is 12.5 Å². The van der Waals surface area contributed by atoms with Crippen LogP contribution < -0.4 is 10.6 Å². The lowest BCUT2D eigenvalue weighted by Crippen LogP contribution is -2.15. The highest BCUT2D eigenvalue weighted by atomic mass is 16.3. The molecule has 0 fully saturated rings. The van der Waals surface area contributed by atoms with Gasteiger partial charge in [-0.05, 0) is 42.0 Å². The van der Waals surface area contributed by atoms with E-state index in [2.05, 4.69) is 27.8 Å². The maximum absolute atomic E-state index is 11.3. The van der Waals surface area contributed by atoms with Gasteiger partial charge in [0.1, 0.15) is 6.61 Å². The number of amides is 1. The third-order valence-electron chi connectivity index (χ3n) is 3.67. The summed E-state index contributed by atoms with van der Waals surface area (Å²) < 4.78 is 0. The standard InChI is InChI=1S/C20H19N3O2/c24-14-20(25)23-18-8-4-7-17(12-18)22-13-15-5-3-6-16(11-15)19-9-1-2-10-21-19/h1-12,22,24H,13-14H2,(H,23,25). The molecule has 0 aliphatic carbocycles. The Bertz CT molecular complexity index is 850. The number of aliphatic hydroxyl groups is 1. The van der Waals surface area contributed by atoms with Gasteiger partial charge in [0.25, 0.3) is 0 Å². The van der Waals surface area contributed by atoms with Crippen molar-refractivity contribution in [3.8, 4) is 11.3 Å². The Morgan fingerprint density at radius 1 is 0.960 bits per heavy atom. The zero-order valence-corrected chi connectivity index (χ0v) is 13.6. The monoisotopic (exact) mass is 333 g/mol. The molecule has 3 aromatic rings. The minimum atomic E-state index is -0.530. The van der Waals surface area contributed by atoms with Crippen LogP contribution >= 0.6 is 0 Å². The van der Waals surface area contributed by atoms with Crippen molar-refractivity contribution < 1.29 is 9.90 Å². The van der Waals surface area contributed by atoms with Crippen LogP contribution in [0, 0.1) is 0 Å². The summed E-state index contributed by atoms with van der Waals surface area (Å²) >= 11 is 0. The average Bonchev–Trinajstić information content (AvgIpc) is 2.67. The van der Waals surface area contributed by atoms with Crippen molar-refractivity contribution in [3.63, 3.8) is 0 Å². The smallest absolute Gasteiger partial charge is 0.250 e. The molecule has 0 aliphatic heterocycles. The fraction of sp³-hybridized carbons (Fsp3) is 0.100. The maximum atomic E-state index is 11.3. The van der Waals surface area contributed by atoms with Gasteiger partial charge in [-0.25, -0.2) is 0 Å². The van der Waals surface area contributed by atoms with Crippen LogP contribution in [0.15, 0.2) is 72.9 Å². The summed E-state index contributed by atoms with van der Waals surface area (Å²) in [6.45, 7) is 0.121. The van der Waals surface area contributed by atoms with Gasteiger partial charge in [0.15, 0.2) is 0 Å². The van der Waals surface area contributed by atoms with Crippen LogP contribution in [0.2, 0.25) is 0 Å². The number of rotatable bonds is 6. The maximum Gasteiger partial charge on any atom is 0.250 e. The molecule has 1 aromatic heterocycles. The van der Waals surface area contributed by atoms with Gasteiger partial charge in [-0.1, -0.05) is 30.3 Å². The van der Waals surface area contributed by atoms with Crippen molar-refractivity contribution in [3.05, 3.63) is 78.5 Å². The Kier molecular flexibility index (Phi) is 5.39. The van der Waals surface area contributed by atoms with Crippen LogP contribution in [-0.4, -0.2) is 22.6 Å². The lowest BCUT2D eigenvalue weighted by molar-refractivity contribution is -0.118. The summed E-state index contributed by atoms with van der Waals surface area (Å²) in [6.07, 6.45) is 1.78. The molecule has 0 saturated carbocycles. The number of hydrogen-bond acceptors (Lipinski definition) is 4. The van der Waals surface area contributed by atoms with Crippen LogP contribution in [0.25, 0.3) is 11.3 Å². The first kappa shape index (κ1) is 16.7. The summed E-state index contributed by atoms with van der Waals surface area (Å²) in [4.78, 5) is 15.6. The van der Waals surface area contributed by atoms with Gasteiger partial charge in [0, 0.05) is 29.7 Å². The molecule has 0 spiro atoms. The Morgan fingerprint density at radius 3 is 2.60 bits per heavy atom. The molecule has 3 rings (SSSR count). The number of carbonyl (C=O) groups excluding carboxylic acids is 1. The molecule has 0 bridgehead atoms. The molecule has 5 nitrogen and oxygen atoms in total. The average molecular weight is 333 g/mol. The summed E-state index contributed by atoms with van der Waals surface area (Å²) in [5.74, 6) is -0.430. The summed E-state index contributed by atoms with van der Waals surface area (Å²) in [5.41, 5.74) is 4.68. The molecule has 5 heteroatoms. The molecule has 0 saturated heterocycles. The highest BCUT2D eigenvalue weighted by molar-refractivity contribution is 5.91. The van der Waals surface area contributed by atoms with Crippen LogP contribution in [0.5, 0.6) is 0 Å². The van der Waals surface area contributed by atoms with Crippen LogP contribution in [-0.2, 0) is 11.3 Å². The molecule has 0 aliphatic rings. The number of nitrogens with one attached hydrogen (secondary N) is 2. The molecular weight excluding hydrogens is 314 g/mol. The molecule has 1 amide bonds. The molecule has 0 atom stereocenters. The number of aliphatic hydroxyl groups excluding tert-OH is 1. The first-order valence-electron chi connectivity index (χ1n) is 7.99. The van der Waals surface area contributed by atoms with Crippen molar-refractivity contribution in [1.29, 1.82) is 0 Å². The predicted octanol–water partition coefficient (Wildman–Crippen LogP) is 3.29. The van der Waals surface area contributed by atoms with Crippen molar-refractivity contribution in [2.75, 3.05) is 17.2 Å². The van der Waals surface area contributed by atoms with E-state index in [4.69, 9.17) is 5.11 Å². The molecule has 0 radical (unpaired) electrons. The third kappa shape index (κ3) is 4.65. The van der Waals surface area contributed by atoms with E-state index in [0.29, 0.717) is 12.2 Å². The Balaban J connectivity index is 1.68. The Morgan fingerprint density at radius 2 is 1.80 bits per heavy atom. The van der Waals surface area contributed by atoms with Crippen LogP contribution in [0.3, 0.4) is 0 Å². The molecule has 2 aromatic carbocycles. The number of carbonyl (C=O) groups is 1. The minimum absolute atomic E-state index is 0.430. The SMILES string of the molecule is O=C(CO)Nc1cccc(NCc2cccc(-c3ccccn3)c2)c1. The minimum Gasteiger partial charge on any atom is -0.387 e. The van der Waals surface area contributed by atoms with Gasteiger partial charge in [-0.15, -0.1) is 0 Å². The van der Waals surface area contributed by atoms with E-state index in [1.807, 2.05) is 48.5 Å².